The minimum Gasteiger partial charge on any atom is -0.481 e. The number of anilines is 1. The first-order valence-electron chi connectivity index (χ1n) is 6.72. The number of nitrogens with one attached hydrogen (secondary N) is 2. The van der Waals surface area contributed by atoms with Gasteiger partial charge in [-0.2, -0.15) is 0 Å². The summed E-state index contributed by atoms with van der Waals surface area (Å²) in [6.45, 7) is 0.150. The SMILES string of the molecule is O=C(NCC1(C(=O)O)CC1)Nc1cccc2ccncc12. The first kappa shape index (κ1) is 13.4. The number of aliphatic carboxylic acids is 1. The number of amides is 2. The number of hydrogen-bond acceptors (Lipinski definition) is 3. The van der Waals surface area contributed by atoms with Crippen LogP contribution in [0.1, 0.15) is 12.8 Å². The monoisotopic (exact) mass is 285 g/mol. The lowest BCUT2D eigenvalue weighted by Gasteiger charge is -2.13. The van der Waals surface area contributed by atoms with Crippen molar-refractivity contribution in [1.82, 2.24) is 10.3 Å². The highest BCUT2D eigenvalue weighted by molar-refractivity contribution is 6.01. The van der Waals surface area contributed by atoms with E-state index in [2.05, 4.69) is 15.6 Å². The Morgan fingerprint density at radius 1 is 1.29 bits per heavy atom. The van der Waals surface area contributed by atoms with E-state index < -0.39 is 17.4 Å². The van der Waals surface area contributed by atoms with E-state index in [0.29, 0.717) is 18.5 Å². The molecule has 1 saturated carbocycles. The number of fused-ring (bicyclic) bond motifs is 1. The third kappa shape index (κ3) is 2.65. The Kier molecular flexibility index (Phi) is 3.21. The largest absolute Gasteiger partial charge is 0.481 e. The van der Waals surface area contributed by atoms with E-state index in [1.54, 1.807) is 18.5 Å². The molecule has 1 aromatic heterocycles. The van der Waals surface area contributed by atoms with Gasteiger partial charge in [-0.15, -0.1) is 0 Å². The van der Waals surface area contributed by atoms with E-state index >= 15 is 0 Å². The van der Waals surface area contributed by atoms with Crippen molar-refractivity contribution in [2.24, 2.45) is 5.41 Å². The summed E-state index contributed by atoms with van der Waals surface area (Å²) in [5.74, 6) is -0.850. The third-order valence-corrected chi connectivity index (χ3v) is 3.83. The van der Waals surface area contributed by atoms with Crippen LogP contribution in [0.5, 0.6) is 0 Å². The average molecular weight is 285 g/mol. The molecule has 0 saturated heterocycles. The van der Waals surface area contributed by atoms with E-state index in [-0.39, 0.29) is 6.54 Å². The van der Waals surface area contributed by atoms with Crippen molar-refractivity contribution < 1.29 is 14.7 Å². The second-order valence-corrected chi connectivity index (χ2v) is 5.30. The molecule has 1 aliphatic rings. The Morgan fingerprint density at radius 2 is 2.10 bits per heavy atom. The Balaban J connectivity index is 1.68. The molecule has 0 bridgehead atoms. The molecule has 1 heterocycles. The molecule has 3 rings (SSSR count). The second kappa shape index (κ2) is 5.05. The minimum absolute atomic E-state index is 0.150. The molecule has 6 heteroatoms. The minimum atomic E-state index is -0.850. The Bertz CT molecular complexity index is 705. The summed E-state index contributed by atoms with van der Waals surface area (Å²) in [7, 11) is 0. The van der Waals surface area contributed by atoms with Crippen LogP contribution in [0.2, 0.25) is 0 Å². The molecule has 1 fully saturated rings. The number of aromatic nitrogens is 1. The zero-order valence-corrected chi connectivity index (χ0v) is 11.3. The fourth-order valence-electron chi connectivity index (χ4n) is 2.26. The lowest BCUT2D eigenvalue weighted by atomic mass is 10.1. The number of carboxylic acid groups (broad SMARTS) is 1. The molecule has 0 atom stereocenters. The van der Waals surface area contributed by atoms with Crippen LogP contribution in [0.15, 0.2) is 36.7 Å². The van der Waals surface area contributed by atoms with Gasteiger partial charge in [-0.05, 0) is 30.4 Å². The molecule has 108 valence electrons. The van der Waals surface area contributed by atoms with Crippen molar-refractivity contribution in [1.29, 1.82) is 0 Å². The number of pyridine rings is 1. The van der Waals surface area contributed by atoms with Gasteiger partial charge in [0.1, 0.15) is 0 Å². The van der Waals surface area contributed by atoms with Gasteiger partial charge in [-0.1, -0.05) is 12.1 Å². The molecule has 3 N–H and O–H groups in total. The molecule has 0 aliphatic heterocycles. The first-order chi connectivity index (χ1) is 10.1. The lowest BCUT2D eigenvalue weighted by molar-refractivity contribution is -0.143. The first-order valence-corrected chi connectivity index (χ1v) is 6.72. The van der Waals surface area contributed by atoms with Gasteiger partial charge in [0.15, 0.2) is 0 Å². The highest BCUT2D eigenvalue weighted by Crippen LogP contribution is 2.45. The molecular weight excluding hydrogens is 270 g/mol. The number of benzene rings is 1. The van der Waals surface area contributed by atoms with Crippen molar-refractivity contribution in [3.05, 3.63) is 36.7 Å². The van der Waals surface area contributed by atoms with Crippen LogP contribution in [-0.4, -0.2) is 28.6 Å². The normalized spacial score (nSPS) is 15.4. The zero-order chi connectivity index (χ0) is 14.9. The Labute approximate surface area is 121 Å². The van der Waals surface area contributed by atoms with Gasteiger partial charge in [0.25, 0.3) is 0 Å². The van der Waals surface area contributed by atoms with Gasteiger partial charge in [-0.25, -0.2) is 4.79 Å². The van der Waals surface area contributed by atoms with Crippen LogP contribution in [0, 0.1) is 5.41 Å². The second-order valence-electron chi connectivity index (χ2n) is 5.30. The fraction of sp³-hybridized carbons (Fsp3) is 0.267. The predicted octanol–water partition coefficient (Wildman–Crippen LogP) is 2.22. The van der Waals surface area contributed by atoms with Crippen molar-refractivity contribution in [2.45, 2.75) is 12.8 Å². The number of carboxylic acids is 1. The van der Waals surface area contributed by atoms with Crippen molar-refractivity contribution in [3.63, 3.8) is 0 Å². The Hall–Kier alpha value is -2.63. The number of carbonyl (C=O) groups excluding carboxylic acids is 1. The predicted molar refractivity (Wildman–Crippen MR) is 78.1 cm³/mol. The van der Waals surface area contributed by atoms with Gasteiger partial charge < -0.3 is 15.7 Å². The molecule has 0 radical (unpaired) electrons. The molecule has 1 aliphatic carbocycles. The van der Waals surface area contributed by atoms with Crippen molar-refractivity contribution in [3.8, 4) is 0 Å². The highest BCUT2D eigenvalue weighted by atomic mass is 16.4. The molecule has 1 aromatic carbocycles. The van der Waals surface area contributed by atoms with E-state index in [0.717, 1.165) is 10.8 Å². The Morgan fingerprint density at radius 3 is 2.81 bits per heavy atom. The summed E-state index contributed by atoms with van der Waals surface area (Å²) in [6, 6.07) is 7.02. The molecular formula is C15H15N3O3. The number of urea groups is 1. The molecule has 2 aromatic rings. The molecule has 0 unspecified atom stereocenters. The van der Waals surface area contributed by atoms with Crippen LogP contribution >= 0.6 is 0 Å². The van der Waals surface area contributed by atoms with Crippen molar-refractivity contribution in [2.75, 3.05) is 11.9 Å². The fourth-order valence-corrected chi connectivity index (χ4v) is 2.26. The van der Waals surface area contributed by atoms with Gasteiger partial charge in [0.2, 0.25) is 0 Å². The maximum Gasteiger partial charge on any atom is 0.319 e. The molecule has 21 heavy (non-hydrogen) atoms. The van der Waals surface area contributed by atoms with Gasteiger partial charge in [-0.3, -0.25) is 9.78 Å². The highest BCUT2D eigenvalue weighted by Gasteiger charge is 2.50. The summed E-state index contributed by atoms with van der Waals surface area (Å²) in [5, 5.41) is 16.3. The van der Waals surface area contributed by atoms with Crippen molar-refractivity contribution >= 4 is 28.5 Å². The van der Waals surface area contributed by atoms with Crippen LogP contribution in [0.3, 0.4) is 0 Å². The summed E-state index contributed by atoms with van der Waals surface area (Å²) in [6.07, 6.45) is 4.60. The average Bonchev–Trinajstić information content (AvgIpc) is 3.27. The number of nitrogens with zero attached hydrogens (tertiary/aromatic N) is 1. The summed E-state index contributed by atoms with van der Waals surface area (Å²) >= 11 is 0. The van der Waals surface area contributed by atoms with Gasteiger partial charge >= 0.3 is 12.0 Å². The van der Waals surface area contributed by atoms with Crippen LogP contribution in [-0.2, 0) is 4.79 Å². The summed E-state index contributed by atoms with van der Waals surface area (Å²) in [5.41, 5.74) is -0.115. The topological polar surface area (TPSA) is 91.3 Å². The van der Waals surface area contributed by atoms with E-state index in [9.17, 15) is 9.59 Å². The van der Waals surface area contributed by atoms with Gasteiger partial charge in [0.05, 0.1) is 11.1 Å². The smallest absolute Gasteiger partial charge is 0.319 e. The van der Waals surface area contributed by atoms with E-state index in [1.807, 2.05) is 18.2 Å². The number of hydrogen-bond donors (Lipinski definition) is 3. The summed E-state index contributed by atoms with van der Waals surface area (Å²) in [4.78, 5) is 27.0. The molecule has 2 amide bonds. The number of rotatable bonds is 4. The third-order valence-electron chi connectivity index (χ3n) is 3.83. The quantitative estimate of drug-likeness (QED) is 0.803. The standard InChI is InChI=1S/C15H15N3O3/c19-13(20)15(5-6-15)9-17-14(21)18-12-3-1-2-10-4-7-16-8-11(10)12/h1-4,7-8H,5-6,9H2,(H,19,20)(H2,17,18,21). The van der Waals surface area contributed by atoms with Crippen LogP contribution < -0.4 is 10.6 Å². The number of carbonyl (C=O) groups is 2. The summed E-state index contributed by atoms with van der Waals surface area (Å²) < 4.78 is 0. The van der Waals surface area contributed by atoms with E-state index in [4.69, 9.17) is 5.11 Å². The maximum atomic E-state index is 11.9. The lowest BCUT2D eigenvalue weighted by Crippen LogP contribution is -2.36. The van der Waals surface area contributed by atoms with Gasteiger partial charge in [0, 0.05) is 24.3 Å². The molecule has 6 nitrogen and oxygen atoms in total. The zero-order valence-electron chi connectivity index (χ0n) is 11.3. The van der Waals surface area contributed by atoms with Crippen LogP contribution in [0.25, 0.3) is 10.8 Å². The van der Waals surface area contributed by atoms with E-state index in [1.165, 1.54) is 0 Å². The van der Waals surface area contributed by atoms with Crippen LogP contribution in [0.4, 0.5) is 10.5 Å². The molecule has 0 spiro atoms. The maximum absolute atomic E-state index is 11.9.